The minimum atomic E-state index is -0.450. The minimum absolute atomic E-state index is 0.0460. The second kappa shape index (κ2) is 6.25. The molecule has 0 atom stereocenters. The molecule has 8 heteroatoms. The van der Waals surface area contributed by atoms with E-state index in [1.807, 2.05) is 0 Å². The molecule has 0 saturated carbocycles. The highest BCUT2D eigenvalue weighted by Gasteiger charge is 2.21. The van der Waals surface area contributed by atoms with Crippen molar-refractivity contribution in [1.82, 2.24) is 0 Å². The summed E-state index contributed by atoms with van der Waals surface area (Å²) in [5.74, 6) is -0.809. The van der Waals surface area contributed by atoms with Crippen molar-refractivity contribution in [2.24, 2.45) is 9.98 Å². The van der Waals surface area contributed by atoms with Gasteiger partial charge in [-0.25, -0.2) is 9.98 Å². The van der Waals surface area contributed by atoms with E-state index in [1.165, 1.54) is 0 Å². The van der Waals surface area contributed by atoms with Gasteiger partial charge in [-0.2, -0.15) is 0 Å². The third kappa shape index (κ3) is 3.05. The number of amides is 2. The average Bonchev–Trinajstić information content (AvgIpc) is 3.23. The van der Waals surface area contributed by atoms with Crippen molar-refractivity contribution in [3.8, 4) is 0 Å². The van der Waals surface area contributed by atoms with Gasteiger partial charge in [-0.1, -0.05) is 12.1 Å². The zero-order valence-corrected chi connectivity index (χ0v) is 11.7. The van der Waals surface area contributed by atoms with Gasteiger partial charge in [-0.3, -0.25) is 9.59 Å². The smallest absolute Gasteiger partial charge is 0.310 e. The molecule has 0 spiro atoms. The zero-order valence-electron chi connectivity index (χ0n) is 11.7. The molecule has 0 bridgehead atoms. The molecule has 2 heterocycles. The number of para-hydroxylation sites is 2. The summed E-state index contributed by atoms with van der Waals surface area (Å²) in [4.78, 5) is 31.8. The molecule has 3 rings (SSSR count). The fourth-order valence-electron chi connectivity index (χ4n) is 2.00. The molecule has 2 amide bonds. The van der Waals surface area contributed by atoms with Crippen LogP contribution < -0.4 is 10.6 Å². The first-order chi connectivity index (χ1) is 10.7. The number of nitrogens with zero attached hydrogens (tertiary/aromatic N) is 2. The fraction of sp³-hybridized carbons (Fsp3) is 0.286. The Balaban J connectivity index is 1.72. The first-order valence-corrected chi connectivity index (χ1v) is 6.80. The maximum atomic E-state index is 12.0. The van der Waals surface area contributed by atoms with E-state index in [0.717, 1.165) is 0 Å². The van der Waals surface area contributed by atoms with Gasteiger partial charge in [0.05, 0.1) is 24.5 Å². The lowest BCUT2D eigenvalue weighted by molar-refractivity contribution is -0.112. The molecule has 8 nitrogen and oxygen atoms in total. The Kier molecular flexibility index (Phi) is 3.99. The van der Waals surface area contributed by atoms with Gasteiger partial charge in [0.1, 0.15) is 13.2 Å². The van der Waals surface area contributed by atoms with Crippen molar-refractivity contribution in [2.45, 2.75) is 0 Å². The van der Waals surface area contributed by atoms with Crippen LogP contribution in [0.5, 0.6) is 0 Å². The predicted octanol–water partition coefficient (Wildman–Crippen LogP) is 0.421. The summed E-state index contributed by atoms with van der Waals surface area (Å²) >= 11 is 0. The van der Waals surface area contributed by atoms with Crippen molar-refractivity contribution in [1.29, 1.82) is 0 Å². The second-order valence-electron chi connectivity index (χ2n) is 4.52. The van der Waals surface area contributed by atoms with E-state index in [9.17, 15) is 9.59 Å². The highest BCUT2D eigenvalue weighted by Crippen LogP contribution is 2.21. The number of hydrogen-bond acceptors (Lipinski definition) is 6. The number of ether oxygens (including phenoxy) is 2. The van der Waals surface area contributed by atoms with Crippen LogP contribution in [-0.2, 0) is 19.1 Å². The molecular formula is C14H14N4O4. The topological polar surface area (TPSA) is 101 Å². The van der Waals surface area contributed by atoms with E-state index < -0.39 is 11.8 Å². The summed E-state index contributed by atoms with van der Waals surface area (Å²) in [6, 6.07) is 6.82. The van der Waals surface area contributed by atoms with Gasteiger partial charge in [-0.05, 0) is 12.1 Å². The molecule has 0 aliphatic carbocycles. The first kappa shape index (κ1) is 14.1. The summed E-state index contributed by atoms with van der Waals surface area (Å²) in [5, 5.41) is 5.32. The van der Waals surface area contributed by atoms with Gasteiger partial charge in [0.15, 0.2) is 0 Å². The maximum absolute atomic E-state index is 12.0. The van der Waals surface area contributed by atoms with Crippen molar-refractivity contribution in [3.63, 3.8) is 0 Å². The number of hydrogen-bond donors (Lipinski definition) is 2. The van der Waals surface area contributed by atoms with Crippen LogP contribution in [0.4, 0.5) is 11.4 Å². The monoisotopic (exact) mass is 302 g/mol. The highest BCUT2D eigenvalue weighted by molar-refractivity contribution is 6.42. The zero-order chi connectivity index (χ0) is 15.4. The summed E-state index contributed by atoms with van der Waals surface area (Å²) in [6.07, 6.45) is 0. The Morgan fingerprint density at radius 2 is 1.32 bits per heavy atom. The third-order valence-corrected chi connectivity index (χ3v) is 2.98. The van der Waals surface area contributed by atoms with Crippen LogP contribution in [0.3, 0.4) is 0 Å². The number of nitrogens with one attached hydrogen (secondary N) is 2. The first-order valence-electron chi connectivity index (χ1n) is 6.80. The number of carbonyl (C=O) groups excluding carboxylic acids is 2. The largest absolute Gasteiger partial charge is 0.472 e. The van der Waals surface area contributed by atoms with Gasteiger partial charge in [0.25, 0.3) is 11.8 Å². The predicted molar refractivity (Wildman–Crippen MR) is 80.2 cm³/mol. The molecule has 0 saturated heterocycles. The van der Waals surface area contributed by atoms with Gasteiger partial charge >= 0.3 is 11.8 Å². The molecule has 0 fully saturated rings. The molecule has 0 radical (unpaired) electrons. The lowest BCUT2D eigenvalue weighted by Gasteiger charge is -2.11. The van der Waals surface area contributed by atoms with E-state index in [2.05, 4.69) is 20.6 Å². The SMILES string of the molecule is O=C(Nc1ccccc1NC(=O)C1=NCCO1)C1=NCCO1. The van der Waals surface area contributed by atoms with E-state index >= 15 is 0 Å². The van der Waals surface area contributed by atoms with Crippen LogP contribution in [-0.4, -0.2) is 49.9 Å². The van der Waals surface area contributed by atoms with Crippen molar-refractivity contribution < 1.29 is 19.1 Å². The van der Waals surface area contributed by atoms with Crippen LogP contribution in [0.2, 0.25) is 0 Å². The quantitative estimate of drug-likeness (QED) is 0.841. The fourth-order valence-corrected chi connectivity index (χ4v) is 2.00. The van der Waals surface area contributed by atoms with Crippen LogP contribution in [0.15, 0.2) is 34.3 Å². The second-order valence-corrected chi connectivity index (χ2v) is 4.52. The lowest BCUT2D eigenvalue weighted by Crippen LogP contribution is -2.26. The normalized spacial score (nSPS) is 16.2. The number of anilines is 2. The standard InChI is InChI=1S/C14H14N4O4/c19-11(13-15-5-7-21-13)17-9-3-1-2-4-10(9)18-12(20)14-16-6-8-22-14/h1-4H,5-8H2,(H,17,19)(H,18,20). The molecule has 114 valence electrons. The molecule has 1 aromatic rings. The summed E-state index contributed by atoms with van der Waals surface area (Å²) < 4.78 is 10.2. The molecule has 1 aromatic carbocycles. The van der Waals surface area contributed by atoms with E-state index in [0.29, 0.717) is 37.7 Å². The Morgan fingerprint density at radius 1 is 0.864 bits per heavy atom. The Morgan fingerprint density at radius 3 is 1.68 bits per heavy atom. The Bertz CT molecular complexity index is 612. The summed E-state index contributed by atoms with van der Waals surface area (Å²) in [5.41, 5.74) is 0.885. The summed E-state index contributed by atoms with van der Waals surface area (Å²) in [6.45, 7) is 1.74. The van der Waals surface area contributed by atoms with Gasteiger partial charge in [0.2, 0.25) is 0 Å². The van der Waals surface area contributed by atoms with Crippen LogP contribution in [0, 0.1) is 0 Å². The van der Waals surface area contributed by atoms with Gasteiger partial charge in [-0.15, -0.1) is 0 Å². The molecule has 22 heavy (non-hydrogen) atoms. The molecule has 0 unspecified atom stereocenters. The van der Waals surface area contributed by atoms with Crippen LogP contribution >= 0.6 is 0 Å². The van der Waals surface area contributed by atoms with Gasteiger partial charge in [0, 0.05) is 0 Å². The summed E-state index contributed by atoms with van der Waals surface area (Å²) in [7, 11) is 0. The van der Waals surface area contributed by atoms with Crippen molar-refractivity contribution in [3.05, 3.63) is 24.3 Å². The minimum Gasteiger partial charge on any atom is -0.472 e. The Labute approximate surface area is 126 Å². The highest BCUT2D eigenvalue weighted by atomic mass is 16.5. The van der Waals surface area contributed by atoms with Crippen LogP contribution in [0.25, 0.3) is 0 Å². The third-order valence-electron chi connectivity index (χ3n) is 2.98. The molecule has 2 aliphatic heterocycles. The molecule has 2 aliphatic rings. The lowest BCUT2D eigenvalue weighted by atomic mass is 10.2. The molecular weight excluding hydrogens is 288 g/mol. The van der Waals surface area contributed by atoms with E-state index in [1.54, 1.807) is 24.3 Å². The van der Waals surface area contributed by atoms with Crippen molar-refractivity contribution in [2.75, 3.05) is 36.9 Å². The number of carbonyl (C=O) groups is 2. The van der Waals surface area contributed by atoms with E-state index in [4.69, 9.17) is 9.47 Å². The number of aliphatic imine (C=N–C) groups is 2. The van der Waals surface area contributed by atoms with E-state index in [-0.39, 0.29) is 11.8 Å². The van der Waals surface area contributed by atoms with Crippen LogP contribution in [0.1, 0.15) is 0 Å². The van der Waals surface area contributed by atoms with Crippen molar-refractivity contribution >= 4 is 35.0 Å². The number of rotatable bonds is 4. The number of benzene rings is 1. The Hall–Kier alpha value is -2.90. The maximum Gasteiger partial charge on any atom is 0.310 e. The van der Waals surface area contributed by atoms with Gasteiger partial charge < -0.3 is 20.1 Å². The molecule has 2 N–H and O–H groups in total. The average molecular weight is 302 g/mol. The molecule has 0 aromatic heterocycles.